The van der Waals surface area contributed by atoms with E-state index in [9.17, 15) is 35.9 Å². The number of carbonyl (C=O) groups is 2. The number of halogens is 9. The van der Waals surface area contributed by atoms with E-state index in [2.05, 4.69) is 5.32 Å². The summed E-state index contributed by atoms with van der Waals surface area (Å²) in [6, 6.07) is 4.59. The molecule has 37 heavy (non-hydrogen) atoms. The third-order valence-corrected chi connectivity index (χ3v) is 6.49. The molecule has 0 radical (unpaired) electrons. The van der Waals surface area contributed by atoms with E-state index in [4.69, 9.17) is 34.8 Å². The Labute approximate surface area is 224 Å². The van der Waals surface area contributed by atoms with Crippen LogP contribution in [0, 0.1) is 5.92 Å². The zero-order valence-corrected chi connectivity index (χ0v) is 21.8. The minimum absolute atomic E-state index is 0.0423. The summed E-state index contributed by atoms with van der Waals surface area (Å²) in [4.78, 5) is 24.3. The van der Waals surface area contributed by atoms with E-state index in [1.54, 1.807) is 13.8 Å². The summed E-state index contributed by atoms with van der Waals surface area (Å²) >= 11 is 17.5. The number of carbonyl (C=O) groups excluding carboxylic acids is 2. The highest BCUT2D eigenvalue weighted by atomic mass is 35.5. The predicted molar refractivity (Wildman–Crippen MR) is 132 cm³/mol. The fourth-order valence-electron chi connectivity index (χ4n) is 3.60. The molecule has 1 amide bonds. The normalized spacial score (nSPS) is 14.0. The lowest BCUT2D eigenvalue weighted by atomic mass is 9.92. The molecule has 0 bridgehead atoms. The molecule has 3 nitrogen and oxygen atoms in total. The number of alkyl halides is 6. The summed E-state index contributed by atoms with van der Waals surface area (Å²) in [5.74, 6) is -3.93. The van der Waals surface area contributed by atoms with Gasteiger partial charge in [-0.3, -0.25) is 9.59 Å². The SMILES string of the molecule is CCNC(=O)CC(C)CC(=O)c1ccc(/C=C/C(c2cc(Cl)c(Cl)c(Cl)c2)C(F)(F)F)cc1C(F)(F)F. The number of ketones is 1. The van der Waals surface area contributed by atoms with Crippen LogP contribution in [0.25, 0.3) is 6.08 Å². The van der Waals surface area contributed by atoms with Gasteiger partial charge in [-0.05, 0) is 42.2 Å². The lowest BCUT2D eigenvalue weighted by molar-refractivity contribution is -0.139. The van der Waals surface area contributed by atoms with E-state index in [1.165, 1.54) is 0 Å². The molecule has 0 heterocycles. The number of rotatable bonds is 9. The fraction of sp³-hybridized carbons (Fsp3) is 0.360. The largest absolute Gasteiger partial charge is 0.417 e. The van der Waals surface area contributed by atoms with Crippen molar-refractivity contribution in [3.63, 3.8) is 0 Å². The monoisotopic (exact) mass is 587 g/mol. The molecule has 0 aliphatic rings. The van der Waals surface area contributed by atoms with E-state index in [0.717, 1.165) is 30.3 Å². The first-order chi connectivity index (χ1) is 17.0. The smallest absolute Gasteiger partial charge is 0.356 e. The van der Waals surface area contributed by atoms with Gasteiger partial charge in [0.2, 0.25) is 5.91 Å². The van der Waals surface area contributed by atoms with Crippen LogP contribution in [0.5, 0.6) is 0 Å². The van der Waals surface area contributed by atoms with Gasteiger partial charge in [0.05, 0.1) is 26.5 Å². The third kappa shape index (κ3) is 8.65. The van der Waals surface area contributed by atoms with E-state index >= 15 is 0 Å². The Bertz CT molecular complexity index is 1150. The molecule has 0 aliphatic carbocycles. The molecule has 0 spiro atoms. The van der Waals surface area contributed by atoms with Gasteiger partial charge in [-0.15, -0.1) is 0 Å². The first-order valence-electron chi connectivity index (χ1n) is 10.9. The van der Waals surface area contributed by atoms with Gasteiger partial charge < -0.3 is 5.32 Å². The molecule has 0 aliphatic heterocycles. The van der Waals surface area contributed by atoms with Crippen molar-refractivity contribution >= 4 is 52.6 Å². The highest BCUT2D eigenvalue weighted by Gasteiger charge is 2.40. The second-order valence-electron chi connectivity index (χ2n) is 8.37. The van der Waals surface area contributed by atoms with Crippen LogP contribution in [0.4, 0.5) is 26.3 Å². The maximum Gasteiger partial charge on any atom is 0.417 e. The predicted octanol–water partition coefficient (Wildman–Crippen LogP) is 8.76. The van der Waals surface area contributed by atoms with Gasteiger partial charge in [-0.25, -0.2) is 0 Å². The minimum Gasteiger partial charge on any atom is -0.356 e. The van der Waals surface area contributed by atoms with E-state index < -0.39 is 41.1 Å². The Balaban J connectivity index is 2.39. The first-order valence-corrected chi connectivity index (χ1v) is 12.1. The van der Waals surface area contributed by atoms with Gasteiger partial charge in [0, 0.05) is 24.9 Å². The average molecular weight is 589 g/mol. The Kier molecular flexibility index (Phi) is 10.5. The third-order valence-electron chi connectivity index (χ3n) is 5.29. The second kappa shape index (κ2) is 12.5. The lowest BCUT2D eigenvalue weighted by Gasteiger charge is -2.19. The van der Waals surface area contributed by atoms with Gasteiger partial charge >= 0.3 is 12.4 Å². The highest BCUT2D eigenvalue weighted by molar-refractivity contribution is 6.48. The summed E-state index contributed by atoms with van der Waals surface area (Å²) in [5, 5.41) is 1.99. The van der Waals surface area contributed by atoms with Crippen LogP contribution in [0.15, 0.2) is 36.4 Å². The highest BCUT2D eigenvalue weighted by Crippen LogP contribution is 2.41. The van der Waals surface area contributed by atoms with E-state index in [0.29, 0.717) is 18.7 Å². The number of allylic oxidation sites excluding steroid dienone is 1. The molecule has 0 aromatic heterocycles. The molecule has 0 saturated carbocycles. The summed E-state index contributed by atoms with van der Waals surface area (Å²) < 4.78 is 82.5. The first kappa shape index (κ1) is 31.0. The van der Waals surface area contributed by atoms with Crippen LogP contribution in [0.3, 0.4) is 0 Å². The number of benzene rings is 2. The Hall–Kier alpha value is -2.23. The standard InChI is InChI=1S/C25H22Cl3F6NO2/c1-3-35-22(37)9-13(2)8-21(36)16-6-4-14(10-18(16)25(32,33)34)5-7-17(24(29,30)31)15-11-19(26)23(28)20(27)12-15/h4-7,10-13,17H,3,8-9H2,1-2H3,(H,35,37)/b7-5+. The molecule has 0 saturated heterocycles. The van der Waals surface area contributed by atoms with Crippen LogP contribution in [0.1, 0.15) is 59.7 Å². The van der Waals surface area contributed by atoms with Crippen LogP contribution in [0.2, 0.25) is 15.1 Å². The van der Waals surface area contributed by atoms with Crippen LogP contribution < -0.4 is 5.32 Å². The zero-order chi connectivity index (χ0) is 28.1. The van der Waals surface area contributed by atoms with Gasteiger partial charge in [0.15, 0.2) is 5.78 Å². The summed E-state index contributed by atoms with van der Waals surface area (Å²) in [5.41, 5.74) is -2.48. The average Bonchev–Trinajstić information content (AvgIpc) is 2.75. The van der Waals surface area contributed by atoms with Crippen LogP contribution in [-0.2, 0) is 11.0 Å². The van der Waals surface area contributed by atoms with Crippen molar-refractivity contribution in [3.05, 3.63) is 73.7 Å². The Morgan fingerprint density at radius 1 is 0.973 bits per heavy atom. The van der Waals surface area contributed by atoms with E-state index in [-0.39, 0.29) is 44.9 Å². The lowest BCUT2D eigenvalue weighted by Crippen LogP contribution is -2.25. The minimum atomic E-state index is -4.95. The number of amides is 1. The molecule has 2 aromatic rings. The molecule has 2 unspecified atom stereocenters. The van der Waals surface area contributed by atoms with Crippen molar-refractivity contribution in [1.29, 1.82) is 0 Å². The van der Waals surface area contributed by atoms with Gasteiger partial charge in [0.1, 0.15) is 0 Å². The second-order valence-corrected chi connectivity index (χ2v) is 9.56. The van der Waals surface area contributed by atoms with Gasteiger partial charge in [-0.2, -0.15) is 26.3 Å². The molecule has 2 aromatic carbocycles. The Morgan fingerprint density at radius 3 is 2.08 bits per heavy atom. The molecule has 0 fully saturated rings. The van der Waals surface area contributed by atoms with Crippen LogP contribution in [-0.4, -0.2) is 24.4 Å². The summed E-state index contributed by atoms with van der Waals surface area (Å²) in [7, 11) is 0. The molecule has 202 valence electrons. The molecule has 2 rings (SSSR count). The Morgan fingerprint density at radius 2 is 1.57 bits per heavy atom. The van der Waals surface area contributed by atoms with Crippen molar-refractivity contribution < 1.29 is 35.9 Å². The summed E-state index contributed by atoms with van der Waals surface area (Å²) in [6.07, 6.45) is -8.59. The molecule has 1 N–H and O–H groups in total. The maximum atomic E-state index is 13.8. The van der Waals surface area contributed by atoms with Crippen molar-refractivity contribution in [1.82, 2.24) is 5.32 Å². The fourth-order valence-corrected chi connectivity index (χ4v) is 4.21. The van der Waals surface area contributed by atoms with Crippen molar-refractivity contribution in [2.24, 2.45) is 5.92 Å². The zero-order valence-electron chi connectivity index (χ0n) is 19.5. The van der Waals surface area contributed by atoms with Crippen molar-refractivity contribution in [3.8, 4) is 0 Å². The topological polar surface area (TPSA) is 46.2 Å². The van der Waals surface area contributed by atoms with Crippen molar-refractivity contribution in [2.75, 3.05) is 6.54 Å². The quantitative estimate of drug-likeness (QED) is 0.181. The molecule has 12 heteroatoms. The van der Waals surface area contributed by atoms with Gasteiger partial charge in [0.25, 0.3) is 0 Å². The molecular weight excluding hydrogens is 567 g/mol. The molecular formula is C25H22Cl3F6NO2. The van der Waals surface area contributed by atoms with Gasteiger partial charge in [-0.1, -0.05) is 66.0 Å². The number of Topliss-reactive ketones (excluding diaryl/α,β-unsaturated/α-hetero) is 1. The van der Waals surface area contributed by atoms with Crippen molar-refractivity contribution in [2.45, 2.75) is 45.0 Å². The van der Waals surface area contributed by atoms with Crippen LogP contribution >= 0.6 is 34.8 Å². The maximum absolute atomic E-state index is 13.8. The number of hydrogen-bond acceptors (Lipinski definition) is 2. The molecule has 2 atom stereocenters. The number of nitrogens with one attached hydrogen (secondary N) is 1. The van der Waals surface area contributed by atoms with E-state index in [1.807, 2.05) is 0 Å². The summed E-state index contributed by atoms with van der Waals surface area (Å²) in [6.45, 7) is 3.64. The number of hydrogen-bond donors (Lipinski definition) is 1.